The van der Waals surface area contributed by atoms with Gasteiger partial charge in [-0.3, -0.25) is 0 Å². The molecule has 0 aliphatic carbocycles. The SMILES string of the molecule is Cc1oc(-c2ccccc2)nc1CCSc1ccc(S(=O)(=O)N2CCC[C@H]2OC(=O)O)cc1. The molecule has 2 aromatic carbocycles. The summed E-state index contributed by atoms with van der Waals surface area (Å²) in [7, 11) is -3.83. The molecule has 0 amide bonds. The molecule has 0 bridgehead atoms. The Morgan fingerprint density at radius 3 is 2.64 bits per heavy atom. The first-order valence-electron chi connectivity index (χ1n) is 10.5. The molecule has 1 N–H and O–H groups in total. The molecule has 2 heterocycles. The van der Waals surface area contributed by atoms with Crippen LogP contribution in [0.4, 0.5) is 4.79 Å². The molecule has 10 heteroatoms. The van der Waals surface area contributed by atoms with E-state index in [0.29, 0.717) is 18.7 Å². The first-order valence-corrected chi connectivity index (χ1v) is 12.9. The summed E-state index contributed by atoms with van der Waals surface area (Å²) in [6, 6.07) is 16.3. The van der Waals surface area contributed by atoms with Crippen molar-refractivity contribution < 1.29 is 27.5 Å². The number of hydrogen-bond donors (Lipinski definition) is 1. The van der Waals surface area contributed by atoms with Crippen LogP contribution in [0.3, 0.4) is 0 Å². The van der Waals surface area contributed by atoms with Crippen molar-refractivity contribution in [3.05, 3.63) is 66.1 Å². The van der Waals surface area contributed by atoms with Gasteiger partial charge in [-0.15, -0.1) is 11.8 Å². The molecule has 1 aliphatic heterocycles. The topological polar surface area (TPSA) is 110 Å². The third-order valence-corrected chi connectivity index (χ3v) is 8.26. The van der Waals surface area contributed by atoms with Gasteiger partial charge in [-0.1, -0.05) is 18.2 Å². The zero-order chi connectivity index (χ0) is 23.4. The van der Waals surface area contributed by atoms with Crippen LogP contribution in [-0.2, 0) is 21.2 Å². The predicted molar refractivity (Wildman–Crippen MR) is 124 cm³/mol. The highest BCUT2D eigenvalue weighted by Gasteiger charge is 2.37. The predicted octanol–water partition coefficient (Wildman–Crippen LogP) is 4.79. The number of carbonyl (C=O) groups is 1. The van der Waals surface area contributed by atoms with E-state index in [0.717, 1.165) is 38.4 Å². The van der Waals surface area contributed by atoms with Crippen molar-refractivity contribution in [1.82, 2.24) is 9.29 Å². The molecule has 1 aliphatic rings. The fraction of sp³-hybridized carbons (Fsp3) is 0.304. The maximum absolute atomic E-state index is 12.9. The second-order valence-electron chi connectivity index (χ2n) is 7.55. The molecule has 1 fully saturated rings. The average molecular weight is 489 g/mol. The summed E-state index contributed by atoms with van der Waals surface area (Å²) < 4.78 is 37.5. The zero-order valence-corrected chi connectivity index (χ0v) is 19.6. The number of oxazole rings is 1. The molecule has 33 heavy (non-hydrogen) atoms. The van der Waals surface area contributed by atoms with Gasteiger partial charge in [0, 0.05) is 35.6 Å². The Kier molecular flexibility index (Phi) is 7.06. The minimum Gasteiger partial charge on any atom is -0.450 e. The quantitative estimate of drug-likeness (QED) is 0.356. The monoisotopic (exact) mass is 488 g/mol. The number of sulfonamides is 1. The highest BCUT2D eigenvalue weighted by atomic mass is 32.2. The summed E-state index contributed by atoms with van der Waals surface area (Å²) in [5.41, 5.74) is 1.84. The molecule has 1 atom stereocenters. The molecule has 8 nitrogen and oxygen atoms in total. The van der Waals surface area contributed by atoms with Gasteiger partial charge in [0.2, 0.25) is 15.9 Å². The lowest BCUT2D eigenvalue weighted by Crippen LogP contribution is -2.38. The Labute approximate surface area is 196 Å². The van der Waals surface area contributed by atoms with Crippen molar-refractivity contribution in [3.8, 4) is 11.5 Å². The lowest BCUT2D eigenvalue weighted by atomic mass is 10.2. The molecule has 0 saturated carbocycles. The van der Waals surface area contributed by atoms with Gasteiger partial charge in [0.1, 0.15) is 5.76 Å². The minimum absolute atomic E-state index is 0.118. The van der Waals surface area contributed by atoms with E-state index in [-0.39, 0.29) is 11.4 Å². The van der Waals surface area contributed by atoms with E-state index in [2.05, 4.69) is 4.98 Å². The Balaban J connectivity index is 1.37. The molecule has 1 saturated heterocycles. The van der Waals surface area contributed by atoms with E-state index >= 15 is 0 Å². The number of thioether (sulfide) groups is 1. The fourth-order valence-corrected chi connectivity index (χ4v) is 6.13. The normalized spacial score (nSPS) is 16.7. The first-order chi connectivity index (χ1) is 15.8. The smallest absolute Gasteiger partial charge is 0.450 e. The number of aromatic nitrogens is 1. The fourth-order valence-electron chi connectivity index (χ4n) is 3.69. The van der Waals surface area contributed by atoms with Crippen LogP contribution in [-0.4, -0.2) is 47.5 Å². The lowest BCUT2D eigenvalue weighted by molar-refractivity contribution is 0.0170. The molecule has 0 radical (unpaired) electrons. The summed E-state index contributed by atoms with van der Waals surface area (Å²) in [4.78, 5) is 16.5. The number of aryl methyl sites for hydroxylation is 2. The van der Waals surface area contributed by atoms with E-state index in [1.165, 1.54) is 0 Å². The van der Waals surface area contributed by atoms with Gasteiger partial charge in [0.15, 0.2) is 6.23 Å². The number of rotatable bonds is 8. The van der Waals surface area contributed by atoms with Crippen LogP contribution >= 0.6 is 11.8 Å². The second kappa shape index (κ2) is 9.98. The van der Waals surface area contributed by atoms with Crippen LogP contribution in [0.25, 0.3) is 11.5 Å². The van der Waals surface area contributed by atoms with Gasteiger partial charge >= 0.3 is 6.16 Å². The van der Waals surface area contributed by atoms with Crippen LogP contribution in [0, 0.1) is 6.92 Å². The Morgan fingerprint density at radius 2 is 1.94 bits per heavy atom. The van der Waals surface area contributed by atoms with Crippen molar-refractivity contribution >= 4 is 27.9 Å². The summed E-state index contributed by atoms with van der Waals surface area (Å²) in [6.45, 7) is 2.14. The van der Waals surface area contributed by atoms with Crippen molar-refractivity contribution in [2.45, 2.75) is 42.2 Å². The van der Waals surface area contributed by atoms with E-state index in [4.69, 9.17) is 14.3 Å². The van der Waals surface area contributed by atoms with Gasteiger partial charge in [0.25, 0.3) is 0 Å². The number of hydrogen-bond acceptors (Lipinski definition) is 7. The third kappa shape index (κ3) is 5.40. The van der Waals surface area contributed by atoms with Crippen LogP contribution in [0.1, 0.15) is 24.3 Å². The van der Waals surface area contributed by atoms with Gasteiger partial charge in [-0.25, -0.2) is 18.2 Å². The third-order valence-electron chi connectivity index (χ3n) is 5.34. The Morgan fingerprint density at radius 1 is 1.21 bits per heavy atom. The van der Waals surface area contributed by atoms with Crippen molar-refractivity contribution in [1.29, 1.82) is 0 Å². The van der Waals surface area contributed by atoms with Crippen LogP contribution < -0.4 is 0 Å². The minimum atomic E-state index is -3.83. The second-order valence-corrected chi connectivity index (χ2v) is 10.6. The first kappa shape index (κ1) is 23.3. The maximum Gasteiger partial charge on any atom is 0.507 e. The number of carboxylic acid groups (broad SMARTS) is 1. The van der Waals surface area contributed by atoms with Crippen molar-refractivity contribution in [2.75, 3.05) is 12.3 Å². The molecular formula is C23H24N2O6S2. The Bertz CT molecular complexity index is 1210. The van der Waals surface area contributed by atoms with Gasteiger partial charge in [0.05, 0.1) is 10.6 Å². The summed E-state index contributed by atoms with van der Waals surface area (Å²) in [6.07, 6.45) is -0.833. The molecule has 1 aromatic heterocycles. The maximum atomic E-state index is 12.9. The van der Waals surface area contributed by atoms with Crippen LogP contribution in [0.2, 0.25) is 0 Å². The van der Waals surface area contributed by atoms with E-state index in [9.17, 15) is 13.2 Å². The lowest BCUT2D eigenvalue weighted by Gasteiger charge is -2.22. The highest BCUT2D eigenvalue weighted by Crippen LogP contribution is 2.29. The average Bonchev–Trinajstić information content (AvgIpc) is 3.41. The molecular weight excluding hydrogens is 464 g/mol. The number of ether oxygens (including phenoxy) is 1. The summed E-state index contributed by atoms with van der Waals surface area (Å²) >= 11 is 1.60. The standard InChI is InChI=1S/C23H24N2O6S2/c1-16-20(24-22(30-16)17-6-3-2-4-7-17)13-15-32-18-9-11-19(12-10-18)33(28,29)25-14-5-8-21(25)31-23(26)27/h2-4,6-7,9-12,21H,5,8,13-15H2,1H3,(H,26,27)/t21-/m1/s1. The van der Waals surface area contributed by atoms with Gasteiger partial charge < -0.3 is 14.3 Å². The van der Waals surface area contributed by atoms with Gasteiger partial charge in [-0.2, -0.15) is 4.31 Å². The number of benzene rings is 2. The van der Waals surface area contributed by atoms with E-state index in [1.54, 1.807) is 36.0 Å². The summed E-state index contributed by atoms with van der Waals surface area (Å²) in [5, 5.41) is 8.85. The number of nitrogens with zero attached hydrogens (tertiary/aromatic N) is 2. The van der Waals surface area contributed by atoms with E-state index < -0.39 is 22.4 Å². The largest absolute Gasteiger partial charge is 0.507 e. The van der Waals surface area contributed by atoms with E-state index in [1.807, 2.05) is 37.3 Å². The van der Waals surface area contributed by atoms with Crippen molar-refractivity contribution in [2.24, 2.45) is 0 Å². The molecule has 0 spiro atoms. The molecule has 3 aromatic rings. The van der Waals surface area contributed by atoms with Gasteiger partial charge in [-0.05, 0) is 49.7 Å². The van der Waals surface area contributed by atoms with Crippen molar-refractivity contribution in [3.63, 3.8) is 0 Å². The zero-order valence-electron chi connectivity index (χ0n) is 18.0. The molecule has 0 unspecified atom stereocenters. The van der Waals surface area contributed by atoms with Crippen LogP contribution in [0.15, 0.2) is 68.8 Å². The Hall–Kier alpha value is -2.82. The van der Waals surface area contributed by atoms with Crippen LogP contribution in [0.5, 0.6) is 0 Å². The molecule has 4 rings (SSSR count). The molecule has 174 valence electrons. The summed E-state index contributed by atoms with van der Waals surface area (Å²) in [5.74, 6) is 2.16. The highest BCUT2D eigenvalue weighted by molar-refractivity contribution is 7.99.